The van der Waals surface area contributed by atoms with Crippen molar-refractivity contribution in [3.8, 4) is 5.88 Å². The highest BCUT2D eigenvalue weighted by Gasteiger charge is 2.25. The van der Waals surface area contributed by atoms with Gasteiger partial charge in [0.25, 0.3) is 5.91 Å². The highest BCUT2D eigenvalue weighted by molar-refractivity contribution is 5.96. The molecule has 2 aromatic rings. The Bertz CT molecular complexity index is 743. The molecule has 0 bridgehead atoms. The van der Waals surface area contributed by atoms with Crippen LogP contribution in [0.25, 0.3) is 0 Å². The van der Waals surface area contributed by atoms with Crippen LogP contribution in [-0.2, 0) is 0 Å². The Balaban J connectivity index is 1.67. The van der Waals surface area contributed by atoms with Crippen LogP contribution in [0.4, 0.5) is 11.5 Å². The Kier molecular flexibility index (Phi) is 4.97. The minimum absolute atomic E-state index is 0.0577. The van der Waals surface area contributed by atoms with Crippen molar-refractivity contribution in [1.29, 1.82) is 0 Å². The van der Waals surface area contributed by atoms with Crippen molar-refractivity contribution in [3.05, 3.63) is 36.2 Å². The van der Waals surface area contributed by atoms with Crippen LogP contribution < -0.4 is 14.5 Å². The normalized spacial score (nSPS) is 14.4. The number of anilines is 2. The number of amides is 1. The van der Waals surface area contributed by atoms with Gasteiger partial charge in [-0.25, -0.2) is 4.98 Å². The zero-order valence-corrected chi connectivity index (χ0v) is 14.7. The maximum Gasteiger partial charge on any atom is 0.259 e. The average molecular weight is 342 g/mol. The molecule has 3 heterocycles. The SMILES string of the molecule is COc1ncccc1C(=O)N1CCN(c2cc(N(C)C)cnn2)CC1. The van der Waals surface area contributed by atoms with E-state index in [9.17, 15) is 4.79 Å². The molecule has 3 rings (SSSR count). The number of nitrogens with zero attached hydrogens (tertiary/aromatic N) is 6. The van der Waals surface area contributed by atoms with E-state index < -0.39 is 0 Å². The number of ether oxygens (including phenoxy) is 1. The lowest BCUT2D eigenvalue weighted by molar-refractivity contribution is 0.0742. The molecule has 2 aromatic heterocycles. The van der Waals surface area contributed by atoms with Gasteiger partial charge < -0.3 is 19.4 Å². The second kappa shape index (κ2) is 7.33. The number of rotatable bonds is 4. The molecule has 0 saturated carbocycles. The molecule has 0 N–H and O–H groups in total. The first-order valence-electron chi connectivity index (χ1n) is 8.13. The molecule has 8 heteroatoms. The lowest BCUT2D eigenvalue weighted by atomic mass is 10.2. The number of aromatic nitrogens is 3. The lowest BCUT2D eigenvalue weighted by Gasteiger charge is -2.35. The number of pyridine rings is 1. The Morgan fingerprint density at radius 1 is 1.24 bits per heavy atom. The molecule has 25 heavy (non-hydrogen) atoms. The summed E-state index contributed by atoms with van der Waals surface area (Å²) >= 11 is 0. The van der Waals surface area contributed by atoms with E-state index in [1.165, 1.54) is 7.11 Å². The van der Waals surface area contributed by atoms with Crippen LogP contribution in [0.2, 0.25) is 0 Å². The minimum atomic E-state index is -0.0577. The zero-order valence-electron chi connectivity index (χ0n) is 14.7. The van der Waals surface area contributed by atoms with Gasteiger partial charge in [0.1, 0.15) is 5.56 Å². The number of carbonyl (C=O) groups is 1. The van der Waals surface area contributed by atoms with Crippen molar-refractivity contribution in [1.82, 2.24) is 20.1 Å². The fourth-order valence-electron chi connectivity index (χ4n) is 2.77. The molecular weight excluding hydrogens is 320 g/mol. The maximum atomic E-state index is 12.7. The molecule has 1 aliphatic rings. The summed E-state index contributed by atoms with van der Waals surface area (Å²) in [5.41, 5.74) is 1.50. The molecule has 132 valence electrons. The van der Waals surface area contributed by atoms with E-state index in [0.29, 0.717) is 37.6 Å². The molecule has 0 radical (unpaired) electrons. The summed E-state index contributed by atoms with van der Waals surface area (Å²) < 4.78 is 5.19. The van der Waals surface area contributed by atoms with Crippen LogP contribution in [0.1, 0.15) is 10.4 Å². The van der Waals surface area contributed by atoms with E-state index in [1.807, 2.05) is 30.0 Å². The van der Waals surface area contributed by atoms with E-state index in [0.717, 1.165) is 11.5 Å². The first-order valence-corrected chi connectivity index (χ1v) is 8.13. The number of methoxy groups -OCH3 is 1. The van der Waals surface area contributed by atoms with E-state index in [1.54, 1.807) is 24.5 Å². The summed E-state index contributed by atoms with van der Waals surface area (Å²) in [7, 11) is 5.46. The summed E-state index contributed by atoms with van der Waals surface area (Å²) in [6.45, 7) is 2.65. The van der Waals surface area contributed by atoms with Crippen LogP contribution in [-0.4, -0.2) is 73.4 Å². The summed E-state index contributed by atoms with van der Waals surface area (Å²) in [4.78, 5) is 22.8. The van der Waals surface area contributed by atoms with Crippen LogP contribution in [0.3, 0.4) is 0 Å². The van der Waals surface area contributed by atoms with Gasteiger partial charge in [0.05, 0.1) is 19.0 Å². The topological polar surface area (TPSA) is 74.7 Å². The number of hydrogen-bond donors (Lipinski definition) is 0. The highest BCUT2D eigenvalue weighted by atomic mass is 16.5. The summed E-state index contributed by atoms with van der Waals surface area (Å²) in [5.74, 6) is 1.13. The third-order valence-electron chi connectivity index (χ3n) is 4.23. The second-order valence-electron chi connectivity index (χ2n) is 6.01. The molecule has 0 spiro atoms. The highest BCUT2D eigenvalue weighted by Crippen LogP contribution is 2.21. The quantitative estimate of drug-likeness (QED) is 0.817. The van der Waals surface area contributed by atoms with Gasteiger partial charge in [-0.1, -0.05) is 0 Å². The number of piperazine rings is 1. The van der Waals surface area contributed by atoms with Gasteiger partial charge in [0.2, 0.25) is 5.88 Å². The predicted molar refractivity (Wildman–Crippen MR) is 95.3 cm³/mol. The largest absolute Gasteiger partial charge is 0.480 e. The molecule has 0 aliphatic carbocycles. The molecule has 1 saturated heterocycles. The summed E-state index contributed by atoms with van der Waals surface area (Å²) in [6.07, 6.45) is 3.35. The third kappa shape index (κ3) is 3.62. The Morgan fingerprint density at radius 3 is 2.68 bits per heavy atom. The molecule has 0 aromatic carbocycles. The molecule has 1 aliphatic heterocycles. The van der Waals surface area contributed by atoms with E-state index in [-0.39, 0.29) is 5.91 Å². The third-order valence-corrected chi connectivity index (χ3v) is 4.23. The average Bonchev–Trinajstić information content (AvgIpc) is 2.67. The van der Waals surface area contributed by atoms with Crippen molar-refractivity contribution >= 4 is 17.4 Å². The van der Waals surface area contributed by atoms with Gasteiger partial charge in [0.15, 0.2) is 5.82 Å². The van der Waals surface area contributed by atoms with Crippen molar-refractivity contribution in [2.75, 3.05) is 57.2 Å². The standard InChI is InChI=1S/C17H22N6O2/c1-21(2)13-11-15(20-19-12-13)22-7-9-23(10-8-22)17(24)14-5-4-6-18-16(14)25-3/h4-6,11-12H,7-10H2,1-3H3. The fraction of sp³-hybridized carbons (Fsp3) is 0.412. The monoisotopic (exact) mass is 342 g/mol. The van der Waals surface area contributed by atoms with Crippen LogP contribution >= 0.6 is 0 Å². The predicted octanol–water partition coefficient (Wildman–Crippen LogP) is 0.909. The van der Waals surface area contributed by atoms with E-state index in [2.05, 4.69) is 20.1 Å². The Hall–Kier alpha value is -2.90. The molecule has 1 fully saturated rings. The van der Waals surface area contributed by atoms with Gasteiger partial charge in [-0.05, 0) is 12.1 Å². The first-order chi connectivity index (χ1) is 12.1. The molecule has 0 atom stereocenters. The van der Waals surface area contributed by atoms with Gasteiger partial charge >= 0.3 is 0 Å². The van der Waals surface area contributed by atoms with Crippen LogP contribution in [0.5, 0.6) is 5.88 Å². The maximum absolute atomic E-state index is 12.7. The van der Waals surface area contributed by atoms with Gasteiger partial charge in [-0.15, -0.1) is 5.10 Å². The summed E-state index contributed by atoms with van der Waals surface area (Å²) in [6, 6.07) is 5.50. The number of hydrogen-bond acceptors (Lipinski definition) is 7. The van der Waals surface area contributed by atoms with Crippen molar-refractivity contribution in [3.63, 3.8) is 0 Å². The first kappa shape index (κ1) is 16.9. The van der Waals surface area contributed by atoms with Crippen LogP contribution in [0.15, 0.2) is 30.6 Å². The Morgan fingerprint density at radius 2 is 2.00 bits per heavy atom. The fourth-order valence-corrected chi connectivity index (χ4v) is 2.77. The molecule has 1 amide bonds. The van der Waals surface area contributed by atoms with Crippen molar-refractivity contribution in [2.45, 2.75) is 0 Å². The molecular formula is C17H22N6O2. The number of carbonyl (C=O) groups excluding carboxylic acids is 1. The molecule has 8 nitrogen and oxygen atoms in total. The second-order valence-corrected chi connectivity index (χ2v) is 6.01. The Labute approximate surface area is 147 Å². The van der Waals surface area contributed by atoms with E-state index >= 15 is 0 Å². The lowest BCUT2D eigenvalue weighted by Crippen LogP contribution is -2.49. The van der Waals surface area contributed by atoms with Gasteiger partial charge in [-0.2, -0.15) is 5.10 Å². The van der Waals surface area contributed by atoms with Crippen molar-refractivity contribution in [2.24, 2.45) is 0 Å². The van der Waals surface area contributed by atoms with Crippen LogP contribution in [0, 0.1) is 0 Å². The smallest absolute Gasteiger partial charge is 0.259 e. The van der Waals surface area contributed by atoms with E-state index in [4.69, 9.17) is 4.74 Å². The molecule has 0 unspecified atom stereocenters. The minimum Gasteiger partial charge on any atom is -0.480 e. The summed E-state index contributed by atoms with van der Waals surface area (Å²) in [5, 5.41) is 8.28. The van der Waals surface area contributed by atoms with Crippen molar-refractivity contribution < 1.29 is 9.53 Å². The zero-order chi connectivity index (χ0) is 17.8. The van der Waals surface area contributed by atoms with Gasteiger partial charge in [0, 0.05) is 52.5 Å². The van der Waals surface area contributed by atoms with Gasteiger partial charge in [-0.3, -0.25) is 4.79 Å².